The maximum atomic E-state index is 13.0. The Kier molecular flexibility index (Phi) is 4.08. The maximum absolute atomic E-state index is 13.0. The lowest BCUT2D eigenvalue weighted by Crippen LogP contribution is -2.45. The largest absolute Gasteiger partial charge is 0.323 e. The predicted molar refractivity (Wildman–Crippen MR) is 79.9 cm³/mol. The third-order valence-electron chi connectivity index (χ3n) is 5.35. The number of rotatable bonds is 3. The second kappa shape index (κ2) is 5.82. The normalized spacial score (nSPS) is 29.9. The maximum Gasteiger partial charge on any atom is 0.123 e. The molecule has 2 aliphatic rings. The van der Waals surface area contributed by atoms with Gasteiger partial charge in [0.2, 0.25) is 0 Å². The summed E-state index contributed by atoms with van der Waals surface area (Å²) >= 11 is 0. The number of hydrogen-bond acceptors (Lipinski definition) is 2. The summed E-state index contributed by atoms with van der Waals surface area (Å²) in [6, 6.07) is 7.69. The lowest BCUT2D eigenvalue weighted by molar-refractivity contribution is 0.125. The molecule has 1 aliphatic carbocycles. The smallest absolute Gasteiger partial charge is 0.123 e. The molecule has 0 bridgehead atoms. The van der Waals surface area contributed by atoms with Crippen LogP contribution in [-0.2, 0) is 0 Å². The molecule has 1 saturated heterocycles. The minimum absolute atomic E-state index is 0.0312. The molecule has 3 rings (SSSR count). The molecule has 2 N–H and O–H groups in total. The molecule has 3 heteroatoms. The fraction of sp³-hybridized carbons (Fsp3) is 0.647. The van der Waals surface area contributed by atoms with Crippen LogP contribution in [0.2, 0.25) is 0 Å². The van der Waals surface area contributed by atoms with Gasteiger partial charge in [-0.3, -0.25) is 4.90 Å². The zero-order valence-corrected chi connectivity index (χ0v) is 12.3. The third kappa shape index (κ3) is 2.61. The summed E-state index contributed by atoms with van der Waals surface area (Å²) in [5.41, 5.74) is 7.47. The standard InChI is InChI=1S/C17H25FN2/c1-12(17(19)14-6-8-15(18)9-7-14)20-11-10-13-4-2-3-5-16(13)20/h6-9,12-13,16-17H,2-5,10-11,19H2,1H3. The van der Waals surface area contributed by atoms with Gasteiger partial charge in [0.1, 0.15) is 5.82 Å². The molecule has 0 spiro atoms. The van der Waals surface area contributed by atoms with Gasteiger partial charge in [0.05, 0.1) is 0 Å². The van der Waals surface area contributed by atoms with Crippen LogP contribution in [0.5, 0.6) is 0 Å². The van der Waals surface area contributed by atoms with E-state index in [0.717, 1.165) is 17.5 Å². The van der Waals surface area contributed by atoms with E-state index in [1.165, 1.54) is 50.8 Å². The summed E-state index contributed by atoms with van der Waals surface area (Å²) in [5, 5.41) is 0. The van der Waals surface area contributed by atoms with Gasteiger partial charge in [-0.2, -0.15) is 0 Å². The molecule has 1 aromatic rings. The van der Waals surface area contributed by atoms with Gasteiger partial charge in [-0.05, 0) is 56.3 Å². The number of fused-ring (bicyclic) bond motifs is 1. The zero-order chi connectivity index (χ0) is 14.1. The van der Waals surface area contributed by atoms with Crippen LogP contribution in [-0.4, -0.2) is 23.5 Å². The van der Waals surface area contributed by atoms with Crippen LogP contribution >= 0.6 is 0 Å². The Morgan fingerprint density at radius 3 is 2.60 bits per heavy atom. The molecule has 1 saturated carbocycles. The Hall–Kier alpha value is -0.930. The van der Waals surface area contributed by atoms with Crippen LogP contribution in [0.1, 0.15) is 50.6 Å². The fourth-order valence-electron chi connectivity index (χ4n) is 4.12. The van der Waals surface area contributed by atoms with Crippen LogP contribution in [0.15, 0.2) is 24.3 Å². The molecule has 1 aromatic carbocycles. The van der Waals surface area contributed by atoms with E-state index in [9.17, 15) is 4.39 Å². The number of halogens is 1. The van der Waals surface area contributed by atoms with E-state index in [-0.39, 0.29) is 11.9 Å². The topological polar surface area (TPSA) is 29.3 Å². The van der Waals surface area contributed by atoms with Crippen LogP contribution in [0.3, 0.4) is 0 Å². The van der Waals surface area contributed by atoms with Gasteiger partial charge >= 0.3 is 0 Å². The minimum Gasteiger partial charge on any atom is -0.323 e. The average molecular weight is 276 g/mol. The van der Waals surface area contributed by atoms with Crippen LogP contribution in [0.25, 0.3) is 0 Å². The van der Waals surface area contributed by atoms with Gasteiger partial charge in [0.25, 0.3) is 0 Å². The molecular formula is C17H25FN2. The van der Waals surface area contributed by atoms with Crippen molar-refractivity contribution in [2.75, 3.05) is 6.54 Å². The molecule has 0 radical (unpaired) electrons. The highest BCUT2D eigenvalue weighted by Crippen LogP contribution is 2.38. The van der Waals surface area contributed by atoms with Gasteiger partial charge in [-0.15, -0.1) is 0 Å². The molecule has 0 aromatic heterocycles. The number of nitrogens with two attached hydrogens (primary N) is 1. The molecule has 1 heterocycles. The molecule has 20 heavy (non-hydrogen) atoms. The monoisotopic (exact) mass is 276 g/mol. The Morgan fingerprint density at radius 2 is 1.85 bits per heavy atom. The van der Waals surface area contributed by atoms with Crippen LogP contribution in [0, 0.1) is 11.7 Å². The number of likely N-dealkylation sites (tertiary alicyclic amines) is 1. The van der Waals surface area contributed by atoms with E-state index in [1.807, 2.05) is 12.1 Å². The highest BCUT2D eigenvalue weighted by Gasteiger charge is 2.39. The predicted octanol–water partition coefficient (Wildman–Crippen LogP) is 3.48. The SMILES string of the molecule is CC(C(N)c1ccc(F)cc1)N1CCC2CCCCC21. The van der Waals surface area contributed by atoms with Crippen molar-refractivity contribution in [3.8, 4) is 0 Å². The van der Waals surface area contributed by atoms with Crippen molar-refractivity contribution in [3.63, 3.8) is 0 Å². The summed E-state index contributed by atoms with van der Waals surface area (Å²) < 4.78 is 13.0. The van der Waals surface area contributed by atoms with Crippen molar-refractivity contribution in [2.45, 2.75) is 57.2 Å². The first-order valence-corrected chi connectivity index (χ1v) is 7.93. The molecular weight excluding hydrogens is 251 g/mol. The summed E-state index contributed by atoms with van der Waals surface area (Å²) in [6.07, 6.45) is 6.79. The highest BCUT2D eigenvalue weighted by atomic mass is 19.1. The Balaban J connectivity index is 1.71. The Labute approximate surface area is 121 Å². The molecule has 2 nitrogen and oxygen atoms in total. The summed E-state index contributed by atoms with van der Waals surface area (Å²) in [7, 11) is 0. The van der Waals surface area contributed by atoms with E-state index in [1.54, 1.807) is 0 Å². The first-order chi connectivity index (χ1) is 9.66. The number of benzene rings is 1. The minimum atomic E-state index is -0.192. The van der Waals surface area contributed by atoms with E-state index >= 15 is 0 Å². The Morgan fingerprint density at radius 1 is 1.15 bits per heavy atom. The average Bonchev–Trinajstić information content (AvgIpc) is 2.90. The molecule has 2 fully saturated rings. The van der Waals surface area contributed by atoms with Gasteiger partial charge in [-0.1, -0.05) is 25.0 Å². The van der Waals surface area contributed by atoms with Crippen molar-refractivity contribution in [2.24, 2.45) is 11.7 Å². The van der Waals surface area contributed by atoms with Crippen molar-refractivity contribution >= 4 is 0 Å². The third-order valence-corrected chi connectivity index (χ3v) is 5.35. The van der Waals surface area contributed by atoms with E-state index in [4.69, 9.17) is 5.73 Å². The molecule has 4 unspecified atom stereocenters. The molecule has 4 atom stereocenters. The van der Waals surface area contributed by atoms with Crippen molar-refractivity contribution in [1.29, 1.82) is 0 Å². The van der Waals surface area contributed by atoms with E-state index < -0.39 is 0 Å². The quantitative estimate of drug-likeness (QED) is 0.916. The van der Waals surface area contributed by atoms with Crippen molar-refractivity contribution < 1.29 is 4.39 Å². The van der Waals surface area contributed by atoms with Gasteiger partial charge in [0, 0.05) is 18.1 Å². The van der Waals surface area contributed by atoms with Gasteiger partial charge < -0.3 is 5.73 Å². The van der Waals surface area contributed by atoms with E-state index in [0.29, 0.717) is 6.04 Å². The van der Waals surface area contributed by atoms with E-state index in [2.05, 4.69) is 11.8 Å². The number of hydrogen-bond donors (Lipinski definition) is 1. The lowest BCUT2D eigenvalue weighted by Gasteiger charge is -2.38. The number of nitrogens with zero attached hydrogens (tertiary/aromatic N) is 1. The van der Waals surface area contributed by atoms with Crippen LogP contribution < -0.4 is 5.73 Å². The summed E-state index contributed by atoms with van der Waals surface area (Å²) in [4.78, 5) is 2.61. The van der Waals surface area contributed by atoms with Crippen LogP contribution in [0.4, 0.5) is 4.39 Å². The summed E-state index contributed by atoms with van der Waals surface area (Å²) in [5.74, 6) is 0.689. The molecule has 110 valence electrons. The second-order valence-corrected chi connectivity index (χ2v) is 6.46. The zero-order valence-electron chi connectivity index (χ0n) is 12.3. The highest BCUT2D eigenvalue weighted by molar-refractivity contribution is 5.21. The fourth-order valence-corrected chi connectivity index (χ4v) is 4.12. The lowest BCUT2D eigenvalue weighted by atomic mass is 9.84. The first kappa shape index (κ1) is 14.0. The first-order valence-electron chi connectivity index (χ1n) is 7.93. The van der Waals surface area contributed by atoms with Crippen molar-refractivity contribution in [3.05, 3.63) is 35.6 Å². The summed E-state index contributed by atoms with van der Waals surface area (Å²) in [6.45, 7) is 3.40. The Bertz CT molecular complexity index is 445. The van der Waals surface area contributed by atoms with Gasteiger partial charge in [-0.25, -0.2) is 4.39 Å². The second-order valence-electron chi connectivity index (χ2n) is 6.46. The molecule has 1 aliphatic heterocycles. The molecule has 0 amide bonds. The van der Waals surface area contributed by atoms with Gasteiger partial charge in [0.15, 0.2) is 0 Å². The van der Waals surface area contributed by atoms with Crippen molar-refractivity contribution in [1.82, 2.24) is 4.90 Å².